The smallest absolute Gasteiger partial charge is 0.272 e. The monoisotopic (exact) mass is 427 g/mol. The molecule has 0 N–H and O–H groups in total. The minimum absolute atomic E-state index is 0.0697. The topological polar surface area (TPSA) is 61.7 Å². The van der Waals surface area contributed by atoms with E-state index in [1.807, 2.05) is 24.9 Å². The first-order chi connectivity index (χ1) is 15.0. The van der Waals surface area contributed by atoms with Gasteiger partial charge in [-0.3, -0.25) is 19.2 Å². The lowest BCUT2D eigenvalue weighted by Gasteiger charge is -2.41. The van der Waals surface area contributed by atoms with Gasteiger partial charge in [0.05, 0.1) is 5.69 Å². The Balaban J connectivity index is 1.11. The number of rotatable bonds is 3. The van der Waals surface area contributed by atoms with Crippen LogP contribution in [0, 0.1) is 18.3 Å². The van der Waals surface area contributed by atoms with E-state index in [0.717, 1.165) is 70.3 Å². The molecule has 2 saturated carbocycles. The van der Waals surface area contributed by atoms with Crippen molar-refractivity contribution in [2.45, 2.75) is 64.3 Å². The standard InChI is InChI=1S/C24H37N5O2/c1-18-16-21(26(2)25-18)23(31)28-10-8-24(9-11-28)17-20(24)22(30)29-14-12-27(13-15-29)19-6-4-3-5-7-19/h16,19-20H,3-15,17H2,1-2H3/t20-/m0/s1. The maximum absolute atomic E-state index is 13.2. The van der Waals surface area contributed by atoms with E-state index >= 15 is 0 Å². The molecule has 170 valence electrons. The Labute approximate surface area is 185 Å². The molecule has 1 aromatic rings. The molecular weight excluding hydrogens is 390 g/mol. The van der Waals surface area contributed by atoms with Gasteiger partial charge in [-0.15, -0.1) is 0 Å². The van der Waals surface area contributed by atoms with E-state index in [0.29, 0.717) is 11.6 Å². The number of carbonyl (C=O) groups excluding carboxylic acids is 2. The quantitative estimate of drug-likeness (QED) is 0.743. The molecular formula is C24H37N5O2. The lowest BCUT2D eigenvalue weighted by molar-refractivity contribution is -0.136. The molecule has 4 fully saturated rings. The van der Waals surface area contributed by atoms with Gasteiger partial charge in [0.2, 0.25) is 5.91 Å². The Morgan fingerprint density at radius 3 is 2.26 bits per heavy atom. The maximum Gasteiger partial charge on any atom is 0.272 e. The number of hydrogen-bond acceptors (Lipinski definition) is 4. The van der Waals surface area contributed by atoms with Crippen LogP contribution in [0.15, 0.2) is 6.07 Å². The second kappa shape index (κ2) is 8.23. The summed E-state index contributed by atoms with van der Waals surface area (Å²) < 4.78 is 1.68. The molecule has 7 heteroatoms. The number of piperidine rings is 1. The minimum atomic E-state index is 0.0697. The zero-order valence-corrected chi connectivity index (χ0v) is 19.2. The third-order valence-electron chi connectivity index (χ3n) is 8.47. The number of aryl methyl sites for hydroxylation is 2. The van der Waals surface area contributed by atoms with Gasteiger partial charge in [0.15, 0.2) is 0 Å². The number of likely N-dealkylation sites (tertiary alicyclic amines) is 1. The number of aromatic nitrogens is 2. The molecule has 2 aliphatic carbocycles. The third kappa shape index (κ3) is 4.01. The second-order valence-electron chi connectivity index (χ2n) is 10.4. The van der Waals surface area contributed by atoms with E-state index in [4.69, 9.17) is 0 Å². The summed E-state index contributed by atoms with van der Waals surface area (Å²) in [5, 5.41) is 4.31. The largest absolute Gasteiger partial charge is 0.340 e. The molecule has 7 nitrogen and oxygen atoms in total. The van der Waals surface area contributed by atoms with Gasteiger partial charge in [-0.25, -0.2) is 0 Å². The van der Waals surface area contributed by atoms with Crippen molar-refractivity contribution in [2.24, 2.45) is 18.4 Å². The summed E-state index contributed by atoms with van der Waals surface area (Å²) in [7, 11) is 1.83. The van der Waals surface area contributed by atoms with Crippen molar-refractivity contribution in [3.63, 3.8) is 0 Å². The van der Waals surface area contributed by atoms with Crippen LogP contribution >= 0.6 is 0 Å². The fourth-order valence-corrected chi connectivity index (χ4v) is 6.35. The number of piperazine rings is 1. The van der Waals surface area contributed by atoms with E-state index in [-0.39, 0.29) is 17.2 Å². The predicted octanol–water partition coefficient (Wildman–Crippen LogP) is 2.45. The highest BCUT2D eigenvalue weighted by molar-refractivity contribution is 5.93. The molecule has 2 aliphatic heterocycles. The van der Waals surface area contributed by atoms with E-state index in [1.165, 1.54) is 32.1 Å². The van der Waals surface area contributed by atoms with Crippen molar-refractivity contribution in [3.8, 4) is 0 Å². The SMILES string of the molecule is Cc1cc(C(=O)N2CCC3(CC2)C[C@H]3C(=O)N2CCN(C3CCCCC3)CC2)n(C)n1. The van der Waals surface area contributed by atoms with Crippen LogP contribution in [0.1, 0.15) is 67.5 Å². The van der Waals surface area contributed by atoms with E-state index in [1.54, 1.807) is 4.68 Å². The molecule has 0 aromatic carbocycles. The number of nitrogens with zero attached hydrogens (tertiary/aromatic N) is 5. The van der Waals surface area contributed by atoms with E-state index in [2.05, 4.69) is 14.9 Å². The van der Waals surface area contributed by atoms with Crippen molar-refractivity contribution in [1.82, 2.24) is 24.5 Å². The van der Waals surface area contributed by atoms with Crippen LogP contribution in [0.4, 0.5) is 0 Å². The molecule has 0 unspecified atom stereocenters. The van der Waals surface area contributed by atoms with Crippen LogP contribution in [0.5, 0.6) is 0 Å². The molecule has 1 atom stereocenters. The molecule has 0 radical (unpaired) electrons. The van der Waals surface area contributed by atoms with Gasteiger partial charge in [-0.2, -0.15) is 5.10 Å². The highest BCUT2D eigenvalue weighted by Crippen LogP contribution is 2.60. The van der Waals surface area contributed by atoms with E-state index < -0.39 is 0 Å². The first-order valence-corrected chi connectivity index (χ1v) is 12.3. The van der Waals surface area contributed by atoms with Gasteiger partial charge in [0, 0.05) is 58.3 Å². The summed E-state index contributed by atoms with van der Waals surface area (Å²) in [6.07, 6.45) is 9.73. The first-order valence-electron chi connectivity index (χ1n) is 12.3. The van der Waals surface area contributed by atoms with Gasteiger partial charge in [0.25, 0.3) is 5.91 Å². The normalized spacial score (nSPS) is 27.0. The fraction of sp³-hybridized carbons (Fsp3) is 0.792. The Morgan fingerprint density at radius 2 is 1.65 bits per heavy atom. The van der Waals surface area contributed by atoms with Crippen LogP contribution < -0.4 is 0 Å². The van der Waals surface area contributed by atoms with Gasteiger partial charge in [-0.1, -0.05) is 19.3 Å². The summed E-state index contributed by atoms with van der Waals surface area (Å²) in [6, 6.07) is 2.62. The summed E-state index contributed by atoms with van der Waals surface area (Å²) in [5.41, 5.74) is 1.68. The lowest BCUT2D eigenvalue weighted by atomic mass is 9.90. The van der Waals surface area contributed by atoms with E-state index in [9.17, 15) is 9.59 Å². The highest BCUT2D eigenvalue weighted by Gasteiger charge is 2.59. The number of carbonyl (C=O) groups is 2. The Morgan fingerprint density at radius 1 is 0.968 bits per heavy atom. The Hall–Kier alpha value is -1.89. The van der Waals surface area contributed by atoms with Crippen LogP contribution in [-0.4, -0.2) is 81.6 Å². The number of amides is 2. The molecule has 4 aliphatic rings. The predicted molar refractivity (Wildman–Crippen MR) is 119 cm³/mol. The van der Waals surface area contributed by atoms with Gasteiger partial charge < -0.3 is 9.80 Å². The molecule has 1 aromatic heterocycles. The lowest BCUT2D eigenvalue weighted by Crippen LogP contribution is -2.53. The van der Waals surface area contributed by atoms with Crippen molar-refractivity contribution in [3.05, 3.63) is 17.5 Å². The number of hydrogen-bond donors (Lipinski definition) is 0. The third-order valence-corrected chi connectivity index (χ3v) is 8.47. The molecule has 2 saturated heterocycles. The Bertz CT molecular complexity index is 827. The zero-order chi connectivity index (χ0) is 21.6. The zero-order valence-electron chi connectivity index (χ0n) is 19.2. The van der Waals surface area contributed by atoms with Crippen molar-refractivity contribution in [2.75, 3.05) is 39.3 Å². The van der Waals surface area contributed by atoms with Gasteiger partial charge >= 0.3 is 0 Å². The molecule has 1 spiro atoms. The molecule has 31 heavy (non-hydrogen) atoms. The van der Waals surface area contributed by atoms with Gasteiger partial charge in [-0.05, 0) is 50.5 Å². The summed E-state index contributed by atoms with van der Waals surface area (Å²) in [6.45, 7) is 7.30. The summed E-state index contributed by atoms with van der Waals surface area (Å²) >= 11 is 0. The summed E-state index contributed by atoms with van der Waals surface area (Å²) in [4.78, 5) is 32.8. The Kier molecular flexibility index (Phi) is 5.57. The van der Waals surface area contributed by atoms with Gasteiger partial charge in [0.1, 0.15) is 5.69 Å². The van der Waals surface area contributed by atoms with Crippen LogP contribution in [-0.2, 0) is 11.8 Å². The average Bonchev–Trinajstić information content (AvgIpc) is 3.39. The fourth-order valence-electron chi connectivity index (χ4n) is 6.35. The second-order valence-corrected chi connectivity index (χ2v) is 10.4. The van der Waals surface area contributed by atoms with Crippen LogP contribution in [0.2, 0.25) is 0 Å². The van der Waals surface area contributed by atoms with Crippen molar-refractivity contribution >= 4 is 11.8 Å². The average molecular weight is 428 g/mol. The molecule has 5 rings (SSSR count). The first kappa shape index (κ1) is 21.0. The highest BCUT2D eigenvalue weighted by atomic mass is 16.2. The van der Waals surface area contributed by atoms with Crippen molar-refractivity contribution < 1.29 is 9.59 Å². The van der Waals surface area contributed by atoms with Crippen molar-refractivity contribution in [1.29, 1.82) is 0 Å². The molecule has 3 heterocycles. The molecule has 2 amide bonds. The van der Waals surface area contributed by atoms with Crippen LogP contribution in [0.25, 0.3) is 0 Å². The van der Waals surface area contributed by atoms with Crippen LogP contribution in [0.3, 0.4) is 0 Å². The minimum Gasteiger partial charge on any atom is -0.340 e. The maximum atomic E-state index is 13.2. The molecule has 0 bridgehead atoms. The summed E-state index contributed by atoms with van der Waals surface area (Å²) in [5.74, 6) is 0.635.